The first-order valence-corrected chi connectivity index (χ1v) is 10.8. The van der Waals surface area contributed by atoms with Gasteiger partial charge in [0.25, 0.3) is 0 Å². The van der Waals surface area contributed by atoms with Crippen molar-refractivity contribution in [2.75, 3.05) is 23.4 Å². The second-order valence-corrected chi connectivity index (χ2v) is 8.25. The number of piperidine rings is 1. The Kier molecular flexibility index (Phi) is 5.28. The normalized spacial score (nSPS) is 18.0. The molecule has 0 spiro atoms. The third-order valence-corrected chi connectivity index (χ3v) is 6.19. The summed E-state index contributed by atoms with van der Waals surface area (Å²) in [5.41, 5.74) is 2.88. The Morgan fingerprint density at radius 1 is 1.06 bits per heavy atom. The number of hydrogen-bond acceptors (Lipinski definition) is 5. The molecule has 2 aliphatic rings. The van der Waals surface area contributed by atoms with Gasteiger partial charge in [-0.1, -0.05) is 6.07 Å². The standard InChI is InChI=1S/C24H23F2N5O/c1-30(21-9-4-12-31(24(21)32)17-6-2-5-15(25)13-17)23-18-7-3-8-19(18)28-22(29-23)20-14-16(26)10-11-27-20/h2,5-6,10-11,13-14,21H,3-4,7-9,12H2,1H3. The van der Waals surface area contributed by atoms with E-state index in [2.05, 4.69) is 9.97 Å². The number of hydrogen-bond donors (Lipinski definition) is 0. The lowest BCUT2D eigenvalue weighted by atomic mass is 10.0. The summed E-state index contributed by atoms with van der Waals surface area (Å²) >= 11 is 0. The van der Waals surface area contributed by atoms with Gasteiger partial charge < -0.3 is 9.80 Å². The number of rotatable bonds is 4. The van der Waals surface area contributed by atoms with Crippen LogP contribution in [0, 0.1) is 11.6 Å². The highest BCUT2D eigenvalue weighted by atomic mass is 19.1. The number of benzene rings is 1. The minimum atomic E-state index is -0.431. The second-order valence-electron chi connectivity index (χ2n) is 8.25. The highest BCUT2D eigenvalue weighted by Crippen LogP contribution is 2.33. The van der Waals surface area contributed by atoms with Crippen molar-refractivity contribution in [3.05, 3.63) is 65.5 Å². The number of carbonyl (C=O) groups excluding carboxylic acids is 1. The molecule has 0 radical (unpaired) electrons. The zero-order chi connectivity index (χ0) is 22.2. The molecule has 0 bridgehead atoms. The minimum Gasteiger partial charge on any atom is -0.347 e. The SMILES string of the molecule is CN(c1nc(-c2cc(F)ccn2)nc2c1CCC2)C1CCCN(c2cccc(F)c2)C1=O. The molecular formula is C24H23F2N5O. The maximum absolute atomic E-state index is 13.8. The van der Waals surface area contributed by atoms with Crippen molar-refractivity contribution < 1.29 is 13.6 Å². The molecule has 1 amide bonds. The molecule has 2 aromatic heterocycles. The molecule has 5 rings (SSSR count). The van der Waals surface area contributed by atoms with Gasteiger partial charge in [0, 0.05) is 42.8 Å². The van der Waals surface area contributed by atoms with Crippen LogP contribution in [0.3, 0.4) is 0 Å². The zero-order valence-electron chi connectivity index (χ0n) is 17.8. The summed E-state index contributed by atoms with van der Waals surface area (Å²) in [6.45, 7) is 0.549. The van der Waals surface area contributed by atoms with Crippen molar-refractivity contribution in [1.82, 2.24) is 15.0 Å². The molecule has 3 aromatic rings. The zero-order valence-corrected chi connectivity index (χ0v) is 17.8. The molecule has 1 unspecified atom stereocenters. The average Bonchev–Trinajstić information content (AvgIpc) is 3.27. The summed E-state index contributed by atoms with van der Waals surface area (Å²) < 4.78 is 27.5. The van der Waals surface area contributed by atoms with Gasteiger partial charge in [0.2, 0.25) is 5.91 Å². The van der Waals surface area contributed by atoms with Crippen LogP contribution in [0.5, 0.6) is 0 Å². The van der Waals surface area contributed by atoms with Gasteiger partial charge in [-0.25, -0.2) is 18.7 Å². The molecule has 1 atom stereocenters. The number of aromatic nitrogens is 3. The Bertz CT molecular complexity index is 1180. The third kappa shape index (κ3) is 3.70. The van der Waals surface area contributed by atoms with E-state index in [1.165, 1.54) is 30.5 Å². The monoisotopic (exact) mass is 435 g/mol. The van der Waals surface area contributed by atoms with E-state index in [-0.39, 0.29) is 11.7 Å². The molecule has 1 fully saturated rings. The molecule has 1 saturated heterocycles. The molecular weight excluding hydrogens is 412 g/mol. The van der Waals surface area contributed by atoms with Crippen LogP contribution in [-0.4, -0.2) is 40.5 Å². The van der Waals surface area contributed by atoms with E-state index >= 15 is 0 Å². The second kappa shape index (κ2) is 8.26. The molecule has 1 aromatic carbocycles. The summed E-state index contributed by atoms with van der Waals surface area (Å²) in [7, 11) is 1.86. The van der Waals surface area contributed by atoms with Gasteiger partial charge in [0.1, 0.15) is 29.2 Å². The average molecular weight is 435 g/mol. The Morgan fingerprint density at radius 2 is 1.91 bits per heavy atom. The third-order valence-electron chi connectivity index (χ3n) is 6.19. The summed E-state index contributed by atoms with van der Waals surface area (Å²) in [5, 5.41) is 0. The smallest absolute Gasteiger partial charge is 0.249 e. The summed E-state index contributed by atoms with van der Waals surface area (Å²) in [5.74, 6) is 0.194. The number of aryl methyl sites for hydroxylation is 1. The van der Waals surface area contributed by atoms with E-state index in [4.69, 9.17) is 4.98 Å². The quantitative estimate of drug-likeness (QED) is 0.621. The number of pyridine rings is 1. The van der Waals surface area contributed by atoms with E-state index in [0.717, 1.165) is 36.9 Å². The van der Waals surface area contributed by atoms with Gasteiger partial charge in [-0.05, 0) is 56.4 Å². The van der Waals surface area contributed by atoms with E-state index in [1.807, 2.05) is 11.9 Å². The molecule has 1 aliphatic carbocycles. The van der Waals surface area contributed by atoms with E-state index in [9.17, 15) is 13.6 Å². The highest BCUT2D eigenvalue weighted by Gasteiger charge is 2.35. The molecule has 8 heteroatoms. The lowest BCUT2D eigenvalue weighted by molar-refractivity contribution is -0.120. The van der Waals surface area contributed by atoms with Crippen LogP contribution in [-0.2, 0) is 17.6 Å². The summed E-state index contributed by atoms with van der Waals surface area (Å²) in [4.78, 5) is 30.6. The van der Waals surface area contributed by atoms with Crippen molar-refractivity contribution in [2.45, 2.75) is 38.1 Å². The van der Waals surface area contributed by atoms with Crippen molar-refractivity contribution in [3.63, 3.8) is 0 Å². The van der Waals surface area contributed by atoms with Gasteiger partial charge in [-0.2, -0.15) is 0 Å². The van der Waals surface area contributed by atoms with Crippen LogP contribution in [0.15, 0.2) is 42.6 Å². The van der Waals surface area contributed by atoms with Gasteiger partial charge in [-0.15, -0.1) is 0 Å². The van der Waals surface area contributed by atoms with Crippen LogP contribution in [0.25, 0.3) is 11.5 Å². The van der Waals surface area contributed by atoms with Gasteiger partial charge >= 0.3 is 0 Å². The van der Waals surface area contributed by atoms with Crippen molar-refractivity contribution >= 4 is 17.4 Å². The Hall–Kier alpha value is -3.42. The van der Waals surface area contributed by atoms with E-state index in [0.29, 0.717) is 36.0 Å². The fourth-order valence-corrected chi connectivity index (χ4v) is 4.61. The Morgan fingerprint density at radius 3 is 2.72 bits per heavy atom. The number of carbonyl (C=O) groups is 1. The first kappa shape index (κ1) is 20.5. The van der Waals surface area contributed by atoms with Crippen LogP contribution in [0.2, 0.25) is 0 Å². The van der Waals surface area contributed by atoms with Crippen LogP contribution >= 0.6 is 0 Å². The largest absolute Gasteiger partial charge is 0.347 e. The van der Waals surface area contributed by atoms with E-state index in [1.54, 1.807) is 17.0 Å². The molecule has 32 heavy (non-hydrogen) atoms. The first-order valence-electron chi connectivity index (χ1n) is 10.8. The summed E-state index contributed by atoms with van der Waals surface area (Å²) in [6.07, 6.45) is 5.47. The maximum Gasteiger partial charge on any atom is 0.249 e. The number of nitrogens with zero attached hydrogens (tertiary/aromatic N) is 5. The first-order chi connectivity index (χ1) is 15.5. The molecule has 6 nitrogen and oxygen atoms in total. The number of amides is 1. The molecule has 0 saturated carbocycles. The lowest BCUT2D eigenvalue weighted by Gasteiger charge is -2.38. The Labute approximate surface area is 184 Å². The highest BCUT2D eigenvalue weighted by molar-refractivity contribution is 5.99. The van der Waals surface area contributed by atoms with Crippen LogP contribution in [0.4, 0.5) is 20.3 Å². The molecule has 1 aliphatic heterocycles. The fraction of sp³-hybridized carbons (Fsp3) is 0.333. The topological polar surface area (TPSA) is 62.2 Å². The fourth-order valence-electron chi connectivity index (χ4n) is 4.61. The number of halogens is 2. The van der Waals surface area contributed by atoms with Gasteiger partial charge in [-0.3, -0.25) is 9.78 Å². The lowest BCUT2D eigenvalue weighted by Crippen LogP contribution is -2.52. The number of likely N-dealkylation sites (N-methyl/N-ethyl adjacent to an activating group) is 1. The van der Waals surface area contributed by atoms with E-state index < -0.39 is 11.9 Å². The van der Waals surface area contributed by atoms with Crippen LogP contribution in [0.1, 0.15) is 30.5 Å². The van der Waals surface area contributed by atoms with Crippen LogP contribution < -0.4 is 9.80 Å². The molecule has 164 valence electrons. The summed E-state index contributed by atoms with van der Waals surface area (Å²) in [6, 6.07) is 8.29. The van der Waals surface area contributed by atoms with Crippen molar-refractivity contribution in [1.29, 1.82) is 0 Å². The number of anilines is 2. The van der Waals surface area contributed by atoms with Gasteiger partial charge in [0.05, 0.1) is 0 Å². The predicted octanol–water partition coefficient (Wildman–Crippen LogP) is 3.94. The minimum absolute atomic E-state index is 0.0832. The Balaban J connectivity index is 1.51. The molecule has 3 heterocycles. The number of fused-ring (bicyclic) bond motifs is 1. The maximum atomic E-state index is 13.8. The predicted molar refractivity (Wildman–Crippen MR) is 117 cm³/mol. The van der Waals surface area contributed by atoms with Gasteiger partial charge in [0.15, 0.2) is 5.82 Å². The van der Waals surface area contributed by atoms with Crippen molar-refractivity contribution in [2.24, 2.45) is 0 Å². The molecule has 0 N–H and O–H groups in total. The van der Waals surface area contributed by atoms with Crippen molar-refractivity contribution in [3.8, 4) is 11.5 Å².